The summed E-state index contributed by atoms with van der Waals surface area (Å²) in [6.45, 7) is 0.672. The van der Waals surface area contributed by atoms with Crippen LogP contribution < -0.4 is 0 Å². The van der Waals surface area contributed by atoms with Gasteiger partial charge in [0.1, 0.15) is 6.61 Å². The molecule has 0 bridgehead atoms. The first-order valence-corrected chi connectivity index (χ1v) is 2.66. The van der Waals surface area contributed by atoms with E-state index >= 15 is 0 Å². The lowest BCUT2D eigenvalue weighted by molar-refractivity contribution is -0.283. The number of carbonyl (C=O) groups is 1. The van der Waals surface area contributed by atoms with Gasteiger partial charge < -0.3 is 0 Å². The first-order chi connectivity index (χ1) is 3.89. The van der Waals surface area contributed by atoms with E-state index in [0.29, 0.717) is 13.0 Å². The summed E-state index contributed by atoms with van der Waals surface area (Å²) in [5, 5.41) is 0. The van der Waals surface area contributed by atoms with Gasteiger partial charge >= 0.3 is 0 Å². The van der Waals surface area contributed by atoms with E-state index in [1.54, 1.807) is 0 Å². The van der Waals surface area contributed by atoms with Crippen LogP contribution in [-0.2, 0) is 14.6 Å². The summed E-state index contributed by atoms with van der Waals surface area (Å²) in [4.78, 5) is 19.5. The zero-order valence-corrected chi connectivity index (χ0v) is 4.55. The van der Waals surface area contributed by atoms with Gasteiger partial charge in [0.2, 0.25) is 0 Å². The molecule has 0 aromatic carbocycles. The van der Waals surface area contributed by atoms with Gasteiger partial charge in [-0.15, -0.1) is 0 Å². The second kappa shape index (κ2) is 2.79. The van der Waals surface area contributed by atoms with Crippen LogP contribution in [0.25, 0.3) is 0 Å². The molecule has 0 saturated carbocycles. The molecule has 1 saturated heterocycles. The molecule has 3 heteroatoms. The molecule has 0 N–H and O–H groups in total. The largest absolute Gasteiger partial charge is 0.297 e. The fourth-order valence-corrected chi connectivity index (χ4v) is 0.567. The third-order valence-electron chi connectivity index (χ3n) is 0.987. The van der Waals surface area contributed by atoms with Crippen LogP contribution in [0, 0.1) is 0 Å². The van der Waals surface area contributed by atoms with Crippen LogP contribution in [0.3, 0.4) is 0 Å². The Morgan fingerprint density at radius 1 is 1.38 bits per heavy atom. The van der Waals surface area contributed by atoms with Gasteiger partial charge in [-0.3, -0.25) is 4.79 Å². The molecule has 3 nitrogen and oxygen atoms in total. The Labute approximate surface area is 47.5 Å². The molecule has 0 amide bonds. The molecule has 0 aromatic heterocycles. The normalized spacial score (nSPS) is 22.8. The van der Waals surface area contributed by atoms with Crippen molar-refractivity contribution in [1.29, 1.82) is 0 Å². The minimum atomic E-state index is 0.125. The van der Waals surface area contributed by atoms with E-state index in [9.17, 15) is 4.79 Å². The van der Waals surface area contributed by atoms with Crippen molar-refractivity contribution in [1.82, 2.24) is 0 Å². The van der Waals surface area contributed by atoms with Crippen molar-refractivity contribution in [3.8, 4) is 0 Å². The van der Waals surface area contributed by atoms with E-state index < -0.39 is 0 Å². The molecular weight excluding hydrogens is 108 g/mol. The van der Waals surface area contributed by atoms with Crippen molar-refractivity contribution in [3.63, 3.8) is 0 Å². The van der Waals surface area contributed by atoms with Crippen molar-refractivity contribution in [3.05, 3.63) is 0 Å². The lowest BCUT2D eigenvalue weighted by atomic mass is 10.2. The number of ketones is 1. The van der Waals surface area contributed by atoms with Crippen LogP contribution in [-0.4, -0.2) is 19.0 Å². The van der Waals surface area contributed by atoms with Crippen molar-refractivity contribution in [2.45, 2.75) is 12.8 Å². The summed E-state index contributed by atoms with van der Waals surface area (Å²) in [7, 11) is 0. The van der Waals surface area contributed by atoms with Gasteiger partial charge in [0.15, 0.2) is 5.78 Å². The summed E-state index contributed by atoms with van der Waals surface area (Å²) < 4.78 is 0. The van der Waals surface area contributed by atoms with E-state index in [2.05, 4.69) is 9.78 Å². The summed E-state index contributed by atoms with van der Waals surface area (Å²) in [5.74, 6) is 0.127. The van der Waals surface area contributed by atoms with Gasteiger partial charge in [0.25, 0.3) is 0 Å². The van der Waals surface area contributed by atoms with E-state index in [-0.39, 0.29) is 12.4 Å². The maximum absolute atomic E-state index is 10.5. The maximum Gasteiger partial charge on any atom is 0.161 e. The fraction of sp³-hybridized carbons (Fsp3) is 0.800. The summed E-state index contributed by atoms with van der Waals surface area (Å²) >= 11 is 0. The number of hydrogen-bond acceptors (Lipinski definition) is 3. The third kappa shape index (κ3) is 1.60. The molecular formula is C5H8O3. The van der Waals surface area contributed by atoms with Gasteiger partial charge in [0, 0.05) is 6.42 Å². The van der Waals surface area contributed by atoms with Crippen molar-refractivity contribution < 1.29 is 14.6 Å². The topological polar surface area (TPSA) is 35.5 Å². The Morgan fingerprint density at radius 2 is 2.25 bits per heavy atom. The predicted octanol–water partition coefficient (Wildman–Crippen LogP) is 0.297. The van der Waals surface area contributed by atoms with E-state index in [1.165, 1.54) is 0 Å². The van der Waals surface area contributed by atoms with E-state index in [1.807, 2.05) is 0 Å². The highest BCUT2D eigenvalue weighted by atomic mass is 17.2. The fourth-order valence-electron chi connectivity index (χ4n) is 0.567. The molecule has 0 spiro atoms. The van der Waals surface area contributed by atoms with Gasteiger partial charge in [-0.25, -0.2) is 9.78 Å². The molecule has 46 valence electrons. The van der Waals surface area contributed by atoms with Gasteiger partial charge in [-0.1, -0.05) is 0 Å². The van der Waals surface area contributed by atoms with Crippen LogP contribution in [0.2, 0.25) is 0 Å². The van der Waals surface area contributed by atoms with Crippen molar-refractivity contribution in [2.75, 3.05) is 13.2 Å². The number of Topliss-reactive ketones (excluding diaryl/α,β-unsaturated/α-hetero) is 1. The van der Waals surface area contributed by atoms with Crippen LogP contribution in [0.4, 0.5) is 0 Å². The first-order valence-electron chi connectivity index (χ1n) is 2.66. The molecule has 8 heavy (non-hydrogen) atoms. The Morgan fingerprint density at radius 3 is 3.12 bits per heavy atom. The quantitative estimate of drug-likeness (QED) is 0.427. The molecule has 1 aliphatic heterocycles. The average Bonchev–Trinajstić information content (AvgIpc) is 1.94. The van der Waals surface area contributed by atoms with Crippen LogP contribution >= 0.6 is 0 Å². The average molecular weight is 116 g/mol. The molecule has 1 fully saturated rings. The first kappa shape index (κ1) is 5.72. The van der Waals surface area contributed by atoms with Crippen LogP contribution in [0.1, 0.15) is 12.8 Å². The summed E-state index contributed by atoms with van der Waals surface area (Å²) in [6, 6.07) is 0. The maximum atomic E-state index is 10.5. The molecule has 0 unspecified atom stereocenters. The lowest BCUT2D eigenvalue weighted by Crippen LogP contribution is -2.02. The molecule has 1 heterocycles. The molecule has 0 atom stereocenters. The minimum Gasteiger partial charge on any atom is -0.297 e. The molecule has 1 rings (SSSR count). The van der Waals surface area contributed by atoms with Gasteiger partial charge in [0.05, 0.1) is 6.61 Å². The number of hydrogen-bond donors (Lipinski definition) is 0. The minimum absolute atomic E-state index is 0.125. The highest BCUT2D eigenvalue weighted by molar-refractivity contribution is 5.79. The number of carbonyl (C=O) groups excluding carboxylic acids is 1. The molecule has 0 radical (unpaired) electrons. The number of rotatable bonds is 0. The molecule has 0 aliphatic carbocycles. The highest BCUT2D eigenvalue weighted by Crippen LogP contribution is 1.98. The Bertz CT molecular complexity index is 79.7. The third-order valence-corrected chi connectivity index (χ3v) is 0.987. The van der Waals surface area contributed by atoms with Crippen LogP contribution in [0.15, 0.2) is 0 Å². The zero-order chi connectivity index (χ0) is 5.82. The SMILES string of the molecule is O=C1CCCOOC1. The van der Waals surface area contributed by atoms with Crippen molar-refractivity contribution in [2.24, 2.45) is 0 Å². The Kier molecular flexibility index (Phi) is 2.00. The summed E-state index contributed by atoms with van der Waals surface area (Å²) in [5.41, 5.74) is 0. The van der Waals surface area contributed by atoms with E-state index in [0.717, 1.165) is 6.42 Å². The smallest absolute Gasteiger partial charge is 0.161 e. The predicted molar refractivity (Wildman–Crippen MR) is 26.1 cm³/mol. The second-order valence-corrected chi connectivity index (χ2v) is 1.73. The highest BCUT2D eigenvalue weighted by Gasteiger charge is 2.06. The molecule has 0 aromatic rings. The monoisotopic (exact) mass is 116 g/mol. The standard InChI is InChI=1S/C5H8O3/c6-5-2-1-3-7-8-4-5/h1-4H2. The van der Waals surface area contributed by atoms with Gasteiger partial charge in [-0.05, 0) is 6.42 Å². The zero-order valence-electron chi connectivity index (χ0n) is 4.55. The second-order valence-electron chi connectivity index (χ2n) is 1.73. The Hall–Kier alpha value is -0.410. The summed E-state index contributed by atoms with van der Waals surface area (Å²) in [6.07, 6.45) is 1.39. The lowest BCUT2D eigenvalue weighted by Gasteiger charge is -1.91. The van der Waals surface area contributed by atoms with Crippen molar-refractivity contribution >= 4 is 5.78 Å². The molecule has 1 aliphatic rings. The van der Waals surface area contributed by atoms with Gasteiger partial charge in [-0.2, -0.15) is 0 Å². The van der Waals surface area contributed by atoms with E-state index in [4.69, 9.17) is 0 Å². The van der Waals surface area contributed by atoms with Crippen LogP contribution in [0.5, 0.6) is 0 Å². The Balaban J connectivity index is 2.27.